The van der Waals surface area contributed by atoms with Crippen molar-refractivity contribution in [3.63, 3.8) is 0 Å². The predicted molar refractivity (Wildman–Crippen MR) is 62.5 cm³/mol. The lowest BCUT2D eigenvalue weighted by molar-refractivity contribution is 0.184. The SMILES string of the molecule is COc1c(CCC(C)O)ccc(C)c1C. The van der Waals surface area contributed by atoms with E-state index in [-0.39, 0.29) is 6.10 Å². The summed E-state index contributed by atoms with van der Waals surface area (Å²) in [6.45, 7) is 5.96. The van der Waals surface area contributed by atoms with Crippen LogP contribution in [0.15, 0.2) is 12.1 Å². The van der Waals surface area contributed by atoms with Gasteiger partial charge in [-0.2, -0.15) is 0 Å². The number of aliphatic hydroxyl groups excluding tert-OH is 1. The summed E-state index contributed by atoms with van der Waals surface area (Å²) in [5.41, 5.74) is 3.62. The largest absolute Gasteiger partial charge is 0.496 e. The maximum atomic E-state index is 9.26. The van der Waals surface area contributed by atoms with Gasteiger partial charge in [0.05, 0.1) is 13.2 Å². The second-order valence-electron chi connectivity index (χ2n) is 4.09. The van der Waals surface area contributed by atoms with Crippen molar-refractivity contribution < 1.29 is 9.84 Å². The van der Waals surface area contributed by atoms with Gasteiger partial charge in [-0.25, -0.2) is 0 Å². The highest BCUT2D eigenvalue weighted by Gasteiger charge is 2.09. The molecule has 1 atom stereocenters. The van der Waals surface area contributed by atoms with E-state index < -0.39 is 0 Å². The molecule has 0 aliphatic carbocycles. The Kier molecular flexibility index (Phi) is 4.15. The zero-order valence-corrected chi connectivity index (χ0v) is 10.0. The van der Waals surface area contributed by atoms with Gasteiger partial charge in [-0.3, -0.25) is 0 Å². The van der Waals surface area contributed by atoms with Crippen LogP contribution in [0.5, 0.6) is 5.75 Å². The second-order valence-corrected chi connectivity index (χ2v) is 4.09. The van der Waals surface area contributed by atoms with Gasteiger partial charge in [0.2, 0.25) is 0 Å². The average molecular weight is 208 g/mol. The van der Waals surface area contributed by atoms with Gasteiger partial charge in [0.15, 0.2) is 0 Å². The van der Waals surface area contributed by atoms with Crippen molar-refractivity contribution in [2.75, 3.05) is 7.11 Å². The van der Waals surface area contributed by atoms with Crippen molar-refractivity contribution in [1.29, 1.82) is 0 Å². The van der Waals surface area contributed by atoms with Crippen molar-refractivity contribution in [1.82, 2.24) is 0 Å². The molecule has 1 unspecified atom stereocenters. The first kappa shape index (κ1) is 12.1. The Morgan fingerprint density at radius 2 is 2.00 bits per heavy atom. The summed E-state index contributed by atoms with van der Waals surface area (Å²) in [5, 5.41) is 9.26. The quantitative estimate of drug-likeness (QED) is 0.824. The molecule has 0 aliphatic rings. The van der Waals surface area contributed by atoms with Crippen LogP contribution < -0.4 is 4.74 Å². The lowest BCUT2D eigenvalue weighted by Crippen LogP contribution is -2.03. The van der Waals surface area contributed by atoms with Crippen molar-refractivity contribution in [2.24, 2.45) is 0 Å². The fourth-order valence-corrected chi connectivity index (χ4v) is 1.69. The summed E-state index contributed by atoms with van der Waals surface area (Å²) >= 11 is 0. The predicted octanol–water partition coefficient (Wildman–Crippen LogP) is 2.63. The maximum Gasteiger partial charge on any atom is 0.125 e. The normalized spacial score (nSPS) is 12.6. The molecule has 0 fully saturated rings. The van der Waals surface area contributed by atoms with Gasteiger partial charge < -0.3 is 9.84 Å². The zero-order chi connectivity index (χ0) is 11.4. The van der Waals surface area contributed by atoms with Gasteiger partial charge in [0.1, 0.15) is 5.75 Å². The fraction of sp³-hybridized carbons (Fsp3) is 0.538. The number of ether oxygens (including phenoxy) is 1. The molecule has 1 N–H and O–H groups in total. The molecule has 0 aliphatic heterocycles. The van der Waals surface area contributed by atoms with E-state index in [2.05, 4.69) is 26.0 Å². The van der Waals surface area contributed by atoms with Crippen LogP contribution in [-0.4, -0.2) is 18.3 Å². The lowest BCUT2D eigenvalue weighted by atomic mass is 10.00. The third-order valence-electron chi connectivity index (χ3n) is 2.79. The number of hydrogen-bond donors (Lipinski definition) is 1. The van der Waals surface area contributed by atoms with Crippen LogP contribution in [0.1, 0.15) is 30.0 Å². The van der Waals surface area contributed by atoms with Crippen LogP contribution in [0.2, 0.25) is 0 Å². The average Bonchev–Trinajstić information content (AvgIpc) is 2.19. The van der Waals surface area contributed by atoms with Gasteiger partial charge in [-0.05, 0) is 50.3 Å². The molecule has 0 saturated carbocycles. The van der Waals surface area contributed by atoms with E-state index >= 15 is 0 Å². The van der Waals surface area contributed by atoms with Crippen molar-refractivity contribution in [2.45, 2.75) is 39.7 Å². The first-order valence-electron chi connectivity index (χ1n) is 5.37. The van der Waals surface area contributed by atoms with E-state index in [1.165, 1.54) is 16.7 Å². The van der Waals surface area contributed by atoms with Crippen LogP contribution >= 0.6 is 0 Å². The van der Waals surface area contributed by atoms with Crippen LogP contribution in [0.25, 0.3) is 0 Å². The summed E-state index contributed by atoms with van der Waals surface area (Å²) in [4.78, 5) is 0. The zero-order valence-electron chi connectivity index (χ0n) is 10.0. The van der Waals surface area contributed by atoms with Crippen LogP contribution in [0.4, 0.5) is 0 Å². The molecule has 0 radical (unpaired) electrons. The molecule has 0 heterocycles. The highest BCUT2D eigenvalue weighted by Crippen LogP contribution is 2.27. The second kappa shape index (κ2) is 5.17. The molecule has 0 saturated heterocycles. The van der Waals surface area contributed by atoms with Gasteiger partial charge in [0.25, 0.3) is 0 Å². The Morgan fingerprint density at radius 1 is 1.33 bits per heavy atom. The fourth-order valence-electron chi connectivity index (χ4n) is 1.69. The first-order chi connectivity index (χ1) is 7.06. The smallest absolute Gasteiger partial charge is 0.125 e. The van der Waals surface area contributed by atoms with E-state index in [9.17, 15) is 5.11 Å². The minimum Gasteiger partial charge on any atom is -0.496 e. The third kappa shape index (κ3) is 2.96. The van der Waals surface area contributed by atoms with E-state index in [1.54, 1.807) is 7.11 Å². The molecule has 1 aromatic rings. The molecular formula is C13H20O2. The molecule has 0 amide bonds. The Hall–Kier alpha value is -1.02. The molecule has 84 valence electrons. The Labute approximate surface area is 91.9 Å². The van der Waals surface area contributed by atoms with E-state index in [1.807, 2.05) is 6.92 Å². The molecule has 1 aromatic carbocycles. The van der Waals surface area contributed by atoms with Gasteiger partial charge >= 0.3 is 0 Å². The maximum absolute atomic E-state index is 9.26. The molecular weight excluding hydrogens is 188 g/mol. The standard InChI is InChI=1S/C13H20O2/c1-9-5-7-12(8-6-10(2)14)13(15-4)11(9)3/h5,7,10,14H,6,8H2,1-4H3. The number of aliphatic hydroxyl groups is 1. The molecule has 15 heavy (non-hydrogen) atoms. The van der Waals surface area contributed by atoms with E-state index in [4.69, 9.17) is 4.74 Å². The van der Waals surface area contributed by atoms with E-state index in [0.717, 1.165) is 18.6 Å². The van der Waals surface area contributed by atoms with Crippen LogP contribution in [0, 0.1) is 13.8 Å². The monoisotopic (exact) mass is 208 g/mol. The molecule has 0 spiro atoms. The van der Waals surface area contributed by atoms with Crippen molar-refractivity contribution in [3.8, 4) is 5.75 Å². The molecule has 2 nitrogen and oxygen atoms in total. The first-order valence-corrected chi connectivity index (χ1v) is 5.37. The van der Waals surface area contributed by atoms with Gasteiger partial charge in [-0.1, -0.05) is 12.1 Å². The van der Waals surface area contributed by atoms with Gasteiger partial charge in [-0.15, -0.1) is 0 Å². The summed E-state index contributed by atoms with van der Waals surface area (Å²) in [6, 6.07) is 4.19. The summed E-state index contributed by atoms with van der Waals surface area (Å²) in [5.74, 6) is 0.968. The van der Waals surface area contributed by atoms with Crippen LogP contribution in [-0.2, 0) is 6.42 Å². The van der Waals surface area contributed by atoms with Gasteiger partial charge in [0, 0.05) is 0 Å². The number of rotatable bonds is 4. The molecule has 0 bridgehead atoms. The van der Waals surface area contributed by atoms with Crippen molar-refractivity contribution in [3.05, 3.63) is 28.8 Å². The topological polar surface area (TPSA) is 29.5 Å². The Morgan fingerprint density at radius 3 is 2.53 bits per heavy atom. The summed E-state index contributed by atoms with van der Waals surface area (Å²) < 4.78 is 5.41. The Balaban J connectivity index is 2.92. The Bertz CT molecular complexity index is 330. The number of benzene rings is 1. The number of aryl methyl sites for hydroxylation is 2. The number of methoxy groups -OCH3 is 1. The highest BCUT2D eigenvalue weighted by molar-refractivity contribution is 5.45. The highest BCUT2D eigenvalue weighted by atomic mass is 16.5. The molecule has 1 rings (SSSR count). The molecule has 0 aromatic heterocycles. The molecule has 2 heteroatoms. The van der Waals surface area contributed by atoms with Crippen molar-refractivity contribution >= 4 is 0 Å². The van der Waals surface area contributed by atoms with E-state index in [0.29, 0.717) is 0 Å². The minimum atomic E-state index is -0.253. The number of hydrogen-bond acceptors (Lipinski definition) is 2. The summed E-state index contributed by atoms with van der Waals surface area (Å²) in [7, 11) is 1.70. The summed E-state index contributed by atoms with van der Waals surface area (Å²) in [6.07, 6.45) is 1.39. The lowest BCUT2D eigenvalue weighted by Gasteiger charge is -2.14. The third-order valence-corrected chi connectivity index (χ3v) is 2.79. The van der Waals surface area contributed by atoms with Crippen LogP contribution in [0.3, 0.4) is 0 Å². The minimum absolute atomic E-state index is 0.253.